The highest BCUT2D eigenvalue weighted by molar-refractivity contribution is 5.67. The minimum Gasteiger partial charge on any atom is -0.444 e. The van der Waals surface area contributed by atoms with Crippen LogP contribution in [0.15, 0.2) is 28.8 Å². The summed E-state index contributed by atoms with van der Waals surface area (Å²) in [5.41, 5.74) is 7.72. The summed E-state index contributed by atoms with van der Waals surface area (Å²) in [6.45, 7) is 8.07. The molecule has 0 unspecified atom stereocenters. The number of alkyl carbamates (subject to hydrolysis) is 1. The molecule has 26 heavy (non-hydrogen) atoms. The summed E-state index contributed by atoms with van der Waals surface area (Å²) in [6, 6.07) is 7.60. The van der Waals surface area contributed by atoms with Crippen LogP contribution in [-0.4, -0.2) is 28.4 Å². The first-order chi connectivity index (χ1) is 12.2. The van der Waals surface area contributed by atoms with E-state index in [2.05, 4.69) is 15.5 Å². The zero-order chi connectivity index (χ0) is 19.2. The van der Waals surface area contributed by atoms with Crippen LogP contribution >= 0.6 is 0 Å². The maximum Gasteiger partial charge on any atom is 0.407 e. The predicted octanol–water partition coefficient (Wildman–Crippen LogP) is 3.74. The van der Waals surface area contributed by atoms with Gasteiger partial charge in [0.05, 0.1) is 6.04 Å². The molecule has 0 spiro atoms. The highest BCUT2D eigenvalue weighted by atomic mass is 16.6. The molecular formula is C19H28N4O3. The lowest BCUT2D eigenvalue weighted by Gasteiger charge is -2.19. The highest BCUT2D eigenvalue weighted by Gasteiger charge is 2.17. The average Bonchev–Trinajstić information content (AvgIpc) is 3.03. The van der Waals surface area contributed by atoms with Gasteiger partial charge in [0.1, 0.15) is 5.60 Å². The number of hydrogen-bond donors (Lipinski definition) is 2. The largest absolute Gasteiger partial charge is 0.444 e. The molecule has 2 rings (SSSR count). The van der Waals surface area contributed by atoms with E-state index in [0.29, 0.717) is 24.7 Å². The first kappa shape index (κ1) is 19.9. The number of aryl methyl sites for hydroxylation is 1. The van der Waals surface area contributed by atoms with E-state index < -0.39 is 11.7 Å². The van der Waals surface area contributed by atoms with Gasteiger partial charge >= 0.3 is 6.09 Å². The van der Waals surface area contributed by atoms with Crippen LogP contribution in [-0.2, 0) is 4.74 Å². The fourth-order valence-corrected chi connectivity index (χ4v) is 2.32. The van der Waals surface area contributed by atoms with Crippen LogP contribution in [0.3, 0.4) is 0 Å². The Bertz CT molecular complexity index is 704. The second-order valence-electron chi connectivity index (χ2n) is 7.35. The quantitative estimate of drug-likeness (QED) is 0.729. The van der Waals surface area contributed by atoms with E-state index in [-0.39, 0.29) is 6.04 Å². The Morgan fingerprint density at radius 2 is 1.96 bits per heavy atom. The van der Waals surface area contributed by atoms with Gasteiger partial charge in [0, 0.05) is 12.1 Å². The summed E-state index contributed by atoms with van der Waals surface area (Å²) in [4.78, 5) is 15.9. The topological polar surface area (TPSA) is 103 Å². The lowest BCUT2D eigenvalue weighted by molar-refractivity contribution is 0.0527. The van der Waals surface area contributed by atoms with E-state index >= 15 is 0 Å². The number of carbonyl (C=O) groups is 1. The van der Waals surface area contributed by atoms with Crippen LogP contribution in [0.5, 0.6) is 0 Å². The second kappa shape index (κ2) is 8.80. The van der Waals surface area contributed by atoms with E-state index in [1.165, 1.54) is 5.56 Å². The van der Waals surface area contributed by atoms with Gasteiger partial charge in [-0.25, -0.2) is 4.79 Å². The number of carbonyl (C=O) groups excluding carboxylic acids is 1. The normalized spacial score (nSPS) is 12.7. The number of nitrogens with zero attached hydrogens (tertiary/aromatic N) is 2. The van der Waals surface area contributed by atoms with Crippen LogP contribution < -0.4 is 11.1 Å². The molecule has 1 heterocycles. The molecule has 142 valence electrons. The molecule has 0 aliphatic heterocycles. The molecular weight excluding hydrogens is 332 g/mol. The molecule has 0 fully saturated rings. The van der Waals surface area contributed by atoms with Crippen LogP contribution in [0, 0.1) is 6.92 Å². The van der Waals surface area contributed by atoms with Gasteiger partial charge in [0.25, 0.3) is 0 Å². The number of amides is 1. The molecule has 0 radical (unpaired) electrons. The van der Waals surface area contributed by atoms with E-state index in [0.717, 1.165) is 18.4 Å². The number of unbranched alkanes of at least 4 members (excludes halogenated alkanes) is 1. The minimum atomic E-state index is -0.487. The van der Waals surface area contributed by atoms with E-state index in [4.69, 9.17) is 15.0 Å². The van der Waals surface area contributed by atoms with Gasteiger partial charge in [-0.05, 0) is 47.0 Å². The lowest BCUT2D eigenvalue weighted by Crippen LogP contribution is -2.33. The summed E-state index contributed by atoms with van der Waals surface area (Å²) in [5.74, 6) is 0.975. The van der Waals surface area contributed by atoms with Gasteiger partial charge in [0.15, 0.2) is 0 Å². The maximum absolute atomic E-state index is 11.5. The Balaban J connectivity index is 1.72. The van der Waals surface area contributed by atoms with Crippen LogP contribution in [0.4, 0.5) is 4.79 Å². The number of hydrogen-bond acceptors (Lipinski definition) is 6. The molecule has 0 aliphatic rings. The van der Waals surface area contributed by atoms with Crippen molar-refractivity contribution < 1.29 is 14.1 Å². The summed E-state index contributed by atoms with van der Waals surface area (Å²) in [7, 11) is 0. The van der Waals surface area contributed by atoms with Crippen molar-refractivity contribution in [3.05, 3.63) is 35.7 Å². The molecule has 1 atom stereocenters. The van der Waals surface area contributed by atoms with Crippen molar-refractivity contribution in [3.63, 3.8) is 0 Å². The zero-order valence-electron chi connectivity index (χ0n) is 15.9. The zero-order valence-corrected chi connectivity index (χ0v) is 15.9. The molecule has 7 nitrogen and oxygen atoms in total. The molecule has 1 aromatic heterocycles. The summed E-state index contributed by atoms with van der Waals surface area (Å²) >= 11 is 0. The fourth-order valence-electron chi connectivity index (χ4n) is 2.32. The predicted molar refractivity (Wildman–Crippen MR) is 99.5 cm³/mol. The van der Waals surface area contributed by atoms with Crippen LogP contribution in [0.2, 0.25) is 0 Å². The summed E-state index contributed by atoms with van der Waals surface area (Å²) < 4.78 is 10.5. The average molecular weight is 360 g/mol. The number of nitrogens with two attached hydrogens (primary N) is 1. The standard InChI is InChI=1S/C19H28N4O3/c1-13-8-10-14(11-9-13)16-22-17(26-23-16)15(20)7-5-6-12-21-18(24)25-19(2,3)4/h8-11,15H,5-7,12,20H2,1-4H3,(H,21,24)/t15-/m0/s1. The highest BCUT2D eigenvalue weighted by Crippen LogP contribution is 2.20. The molecule has 3 N–H and O–H groups in total. The molecule has 0 bridgehead atoms. The van der Waals surface area contributed by atoms with Crippen molar-refractivity contribution >= 4 is 6.09 Å². The minimum absolute atomic E-state index is 0.316. The van der Waals surface area contributed by atoms with Gasteiger partial charge in [-0.3, -0.25) is 0 Å². The van der Waals surface area contributed by atoms with Gasteiger partial charge in [-0.2, -0.15) is 4.98 Å². The Kier molecular flexibility index (Phi) is 6.74. The van der Waals surface area contributed by atoms with E-state index in [1.807, 2.05) is 52.0 Å². The molecule has 1 amide bonds. The second-order valence-corrected chi connectivity index (χ2v) is 7.35. The Morgan fingerprint density at radius 1 is 1.27 bits per heavy atom. The summed E-state index contributed by atoms with van der Waals surface area (Å²) in [5, 5.41) is 6.73. The van der Waals surface area contributed by atoms with Gasteiger partial charge < -0.3 is 20.3 Å². The molecule has 0 saturated carbocycles. The first-order valence-electron chi connectivity index (χ1n) is 8.88. The van der Waals surface area contributed by atoms with Gasteiger partial charge in [0.2, 0.25) is 11.7 Å². The molecule has 1 aromatic carbocycles. The Labute approximate surface area is 154 Å². The third-order valence-electron chi connectivity index (χ3n) is 3.68. The van der Waals surface area contributed by atoms with Crippen molar-refractivity contribution in [3.8, 4) is 11.4 Å². The SMILES string of the molecule is Cc1ccc(-c2noc([C@@H](N)CCCCNC(=O)OC(C)(C)C)n2)cc1. The Morgan fingerprint density at radius 3 is 2.62 bits per heavy atom. The number of ether oxygens (including phenoxy) is 1. The van der Waals surface area contributed by atoms with E-state index in [9.17, 15) is 4.79 Å². The molecule has 0 saturated heterocycles. The monoisotopic (exact) mass is 360 g/mol. The smallest absolute Gasteiger partial charge is 0.407 e. The van der Waals surface area contributed by atoms with Crippen LogP contribution in [0.1, 0.15) is 57.5 Å². The fraction of sp³-hybridized carbons (Fsp3) is 0.526. The first-order valence-corrected chi connectivity index (χ1v) is 8.88. The third kappa shape index (κ3) is 6.48. The van der Waals surface area contributed by atoms with Crippen molar-refractivity contribution in [1.82, 2.24) is 15.5 Å². The number of aromatic nitrogens is 2. The summed E-state index contributed by atoms with van der Waals surface area (Å²) in [6.07, 6.45) is 1.93. The van der Waals surface area contributed by atoms with Gasteiger partial charge in [-0.1, -0.05) is 35.0 Å². The maximum atomic E-state index is 11.5. The van der Waals surface area contributed by atoms with Gasteiger partial charge in [-0.15, -0.1) is 0 Å². The number of benzene rings is 1. The molecule has 2 aromatic rings. The van der Waals surface area contributed by atoms with Crippen molar-refractivity contribution in [2.24, 2.45) is 5.73 Å². The molecule has 0 aliphatic carbocycles. The number of nitrogens with one attached hydrogen (secondary N) is 1. The van der Waals surface area contributed by atoms with Crippen LogP contribution in [0.25, 0.3) is 11.4 Å². The lowest BCUT2D eigenvalue weighted by atomic mass is 10.1. The Hall–Kier alpha value is -2.41. The third-order valence-corrected chi connectivity index (χ3v) is 3.68. The molecule has 7 heteroatoms. The van der Waals surface area contributed by atoms with E-state index in [1.54, 1.807) is 0 Å². The van der Waals surface area contributed by atoms with Crippen molar-refractivity contribution in [1.29, 1.82) is 0 Å². The van der Waals surface area contributed by atoms with Crippen molar-refractivity contribution in [2.45, 2.75) is 58.6 Å². The number of rotatable bonds is 7. The van der Waals surface area contributed by atoms with Crippen molar-refractivity contribution in [2.75, 3.05) is 6.54 Å².